The Labute approximate surface area is 133 Å². The molecule has 106 valence electrons. The zero-order valence-electron chi connectivity index (χ0n) is 12.6. The van der Waals surface area contributed by atoms with Crippen LogP contribution in [0.5, 0.6) is 0 Å². The van der Waals surface area contributed by atoms with Crippen LogP contribution in [-0.4, -0.2) is 0 Å². The van der Waals surface area contributed by atoms with E-state index in [4.69, 9.17) is 0 Å². The first-order valence-corrected chi connectivity index (χ1v) is 8.20. The average Bonchev–Trinajstić information content (AvgIpc) is 2.99. The first kappa shape index (κ1) is 11.7. The zero-order chi connectivity index (χ0) is 15.0. The summed E-state index contributed by atoms with van der Waals surface area (Å²) in [6.45, 7) is 0. The third kappa shape index (κ3) is 1.37. The summed E-state index contributed by atoms with van der Waals surface area (Å²) in [6, 6.07) is 18.0. The van der Waals surface area contributed by atoms with Crippen molar-refractivity contribution in [1.29, 1.82) is 0 Å². The minimum Gasteiger partial charge on any atom is -0.0801 e. The highest BCUT2D eigenvalue weighted by molar-refractivity contribution is 6.22. The topological polar surface area (TPSA) is 0 Å². The Morgan fingerprint density at radius 1 is 0.696 bits per heavy atom. The molecule has 0 radical (unpaired) electrons. The van der Waals surface area contributed by atoms with Crippen molar-refractivity contribution in [3.8, 4) is 0 Å². The molecule has 0 spiro atoms. The zero-order valence-corrected chi connectivity index (χ0v) is 12.6. The van der Waals surface area contributed by atoms with Gasteiger partial charge in [0.1, 0.15) is 0 Å². The molecule has 4 aromatic rings. The van der Waals surface area contributed by atoms with E-state index in [1.807, 2.05) is 0 Å². The van der Waals surface area contributed by atoms with Gasteiger partial charge in [-0.3, -0.25) is 0 Å². The highest BCUT2D eigenvalue weighted by Crippen LogP contribution is 2.35. The molecule has 0 fully saturated rings. The summed E-state index contributed by atoms with van der Waals surface area (Å²) >= 11 is 0. The van der Waals surface area contributed by atoms with Crippen molar-refractivity contribution in [3.05, 3.63) is 76.2 Å². The van der Waals surface area contributed by atoms with Crippen LogP contribution in [0.25, 0.3) is 50.5 Å². The van der Waals surface area contributed by atoms with E-state index < -0.39 is 0 Å². The van der Waals surface area contributed by atoms with Crippen LogP contribution in [0.15, 0.2) is 54.6 Å². The molecule has 0 nitrogen and oxygen atoms in total. The monoisotopic (exact) mass is 290 g/mol. The predicted molar refractivity (Wildman–Crippen MR) is 99.9 cm³/mol. The Kier molecular flexibility index (Phi) is 1.98. The van der Waals surface area contributed by atoms with E-state index in [-0.39, 0.29) is 0 Å². The quantitative estimate of drug-likeness (QED) is 0.369. The average molecular weight is 290 g/mol. The lowest BCUT2D eigenvalue weighted by atomic mass is 9.93. The van der Waals surface area contributed by atoms with Gasteiger partial charge in [0.2, 0.25) is 0 Å². The molecule has 0 heteroatoms. The van der Waals surface area contributed by atoms with Crippen molar-refractivity contribution in [2.24, 2.45) is 0 Å². The molecule has 0 bridgehead atoms. The lowest BCUT2D eigenvalue weighted by Crippen LogP contribution is -2.09. The van der Waals surface area contributed by atoms with E-state index in [2.05, 4.69) is 72.8 Å². The molecule has 0 atom stereocenters. The van der Waals surface area contributed by atoms with Gasteiger partial charge in [0, 0.05) is 0 Å². The highest BCUT2D eigenvalue weighted by Gasteiger charge is 2.17. The number of fused-ring (bicyclic) bond motifs is 4. The van der Waals surface area contributed by atoms with Gasteiger partial charge in [0.05, 0.1) is 0 Å². The van der Waals surface area contributed by atoms with Crippen molar-refractivity contribution in [3.63, 3.8) is 0 Å². The third-order valence-corrected chi connectivity index (χ3v) is 5.33. The van der Waals surface area contributed by atoms with Crippen molar-refractivity contribution in [2.75, 3.05) is 0 Å². The molecule has 6 rings (SSSR count). The maximum atomic E-state index is 2.39. The Morgan fingerprint density at radius 3 is 2.61 bits per heavy atom. The molecule has 4 aromatic carbocycles. The largest absolute Gasteiger partial charge is 0.0801 e. The maximum absolute atomic E-state index is 2.39. The highest BCUT2D eigenvalue weighted by atomic mass is 14.2. The van der Waals surface area contributed by atoms with Crippen LogP contribution in [0.4, 0.5) is 0 Å². The van der Waals surface area contributed by atoms with Crippen LogP contribution < -0.4 is 10.4 Å². The fourth-order valence-corrected chi connectivity index (χ4v) is 4.35. The lowest BCUT2D eigenvalue weighted by molar-refractivity contribution is 1.42. The molecule has 0 N–H and O–H groups in total. The molecule has 0 aromatic heterocycles. The standard InChI is InChI=1S/C23H14/c1-3-7-18-15(6-1)12-17-13-21-19-8-4-2-5-14(19)11-16-9-10-20(18)23(17)22(16)21/h1,3-13H,2H2. The van der Waals surface area contributed by atoms with Gasteiger partial charge in [0.15, 0.2) is 0 Å². The van der Waals surface area contributed by atoms with Crippen LogP contribution in [0.1, 0.15) is 17.5 Å². The SMILES string of the molecule is C1=Cc2c3c4c(ccc5c6ccccc6cc(c54)=C3)cc2=CC1. The summed E-state index contributed by atoms with van der Waals surface area (Å²) < 4.78 is 0. The molecule has 0 amide bonds. The number of hydrogen-bond donors (Lipinski definition) is 0. The Bertz CT molecular complexity index is 1320. The lowest BCUT2D eigenvalue weighted by Gasteiger charge is -2.11. The number of benzene rings is 4. The molecule has 0 saturated carbocycles. The van der Waals surface area contributed by atoms with E-state index in [0.717, 1.165) is 6.42 Å². The first-order valence-electron chi connectivity index (χ1n) is 8.20. The smallest absolute Gasteiger partial charge is 0.00199 e. The van der Waals surface area contributed by atoms with Gasteiger partial charge < -0.3 is 0 Å². The van der Waals surface area contributed by atoms with Crippen molar-refractivity contribution >= 4 is 50.5 Å². The van der Waals surface area contributed by atoms with Crippen molar-refractivity contribution in [2.45, 2.75) is 6.42 Å². The minimum atomic E-state index is 1.04. The molecule has 23 heavy (non-hydrogen) atoms. The Hall–Kier alpha value is -2.86. The van der Waals surface area contributed by atoms with E-state index in [1.54, 1.807) is 0 Å². The van der Waals surface area contributed by atoms with Gasteiger partial charge in [0.25, 0.3) is 0 Å². The summed E-state index contributed by atoms with van der Waals surface area (Å²) in [5.41, 5.74) is 2.79. The maximum Gasteiger partial charge on any atom is -0.00199 e. The van der Waals surface area contributed by atoms with Crippen LogP contribution in [0.2, 0.25) is 0 Å². The van der Waals surface area contributed by atoms with Crippen LogP contribution in [-0.2, 0) is 0 Å². The van der Waals surface area contributed by atoms with Gasteiger partial charge in [-0.15, -0.1) is 0 Å². The number of rotatable bonds is 0. The molecule has 0 saturated heterocycles. The Morgan fingerprint density at radius 2 is 1.61 bits per heavy atom. The van der Waals surface area contributed by atoms with Crippen LogP contribution in [0, 0.1) is 0 Å². The second-order valence-electron chi connectivity index (χ2n) is 6.55. The normalized spacial score (nSPS) is 14.4. The van der Waals surface area contributed by atoms with Crippen molar-refractivity contribution in [1.82, 2.24) is 0 Å². The molecular formula is C23H14. The van der Waals surface area contributed by atoms with E-state index in [1.165, 1.54) is 53.9 Å². The van der Waals surface area contributed by atoms with Gasteiger partial charge in [-0.2, -0.15) is 0 Å². The third-order valence-electron chi connectivity index (χ3n) is 5.33. The summed E-state index contributed by atoms with van der Waals surface area (Å²) in [4.78, 5) is 0. The van der Waals surface area contributed by atoms with Gasteiger partial charge in [-0.1, -0.05) is 54.6 Å². The van der Waals surface area contributed by atoms with Gasteiger partial charge >= 0.3 is 0 Å². The summed E-state index contributed by atoms with van der Waals surface area (Å²) in [6.07, 6.45) is 10.3. The molecular weight excluding hydrogens is 276 g/mol. The van der Waals surface area contributed by atoms with Gasteiger partial charge in [-0.05, 0) is 78.5 Å². The summed E-state index contributed by atoms with van der Waals surface area (Å²) in [5, 5.41) is 11.0. The molecule has 2 aliphatic carbocycles. The second-order valence-corrected chi connectivity index (χ2v) is 6.55. The predicted octanol–water partition coefficient (Wildman–Crippen LogP) is 4.49. The summed E-state index contributed by atoms with van der Waals surface area (Å²) in [5.74, 6) is 0. The summed E-state index contributed by atoms with van der Waals surface area (Å²) in [7, 11) is 0. The van der Waals surface area contributed by atoms with Crippen molar-refractivity contribution < 1.29 is 0 Å². The van der Waals surface area contributed by atoms with E-state index in [9.17, 15) is 0 Å². The molecule has 2 aliphatic rings. The molecule has 0 unspecified atom stereocenters. The minimum absolute atomic E-state index is 1.04. The molecule has 0 aliphatic heterocycles. The van der Waals surface area contributed by atoms with E-state index >= 15 is 0 Å². The second kappa shape index (κ2) is 3.91. The molecule has 0 heterocycles. The van der Waals surface area contributed by atoms with Crippen LogP contribution in [0.3, 0.4) is 0 Å². The van der Waals surface area contributed by atoms with Crippen LogP contribution >= 0.6 is 0 Å². The van der Waals surface area contributed by atoms with Gasteiger partial charge in [-0.25, -0.2) is 0 Å². The Balaban J connectivity index is 1.97. The number of allylic oxidation sites excluding steroid dienone is 1. The fraction of sp³-hybridized carbons (Fsp3) is 0.0435. The fourth-order valence-electron chi connectivity index (χ4n) is 4.35. The van der Waals surface area contributed by atoms with E-state index in [0.29, 0.717) is 0 Å². The number of hydrogen-bond acceptors (Lipinski definition) is 0. The first-order chi connectivity index (χ1) is 11.4.